The molecule has 2 fully saturated rings. The number of aromatic hydroxyl groups is 2. The smallest absolute Gasteiger partial charge is 0.229 e. The molecule has 0 bridgehead atoms. The zero-order chi connectivity index (χ0) is 32.3. The lowest BCUT2D eigenvalue weighted by molar-refractivity contribution is -0.354. The second-order valence-electron chi connectivity index (χ2n) is 10.6. The highest BCUT2D eigenvalue weighted by atomic mass is 16.8. The Hall–Kier alpha value is -3.09. The summed E-state index contributed by atoms with van der Waals surface area (Å²) in [5, 5.41) is 89.2. The van der Waals surface area contributed by atoms with E-state index in [1.807, 2.05) is 0 Å². The van der Waals surface area contributed by atoms with Crippen molar-refractivity contribution in [2.24, 2.45) is 0 Å². The maximum atomic E-state index is 12.9. The molecule has 5 rings (SSSR count). The number of hydrogen-bond acceptors (Lipinski definition) is 15. The molecular formula is C29H38O15. The van der Waals surface area contributed by atoms with Gasteiger partial charge in [-0.3, -0.25) is 4.79 Å². The molecule has 0 aliphatic carbocycles. The van der Waals surface area contributed by atoms with E-state index in [1.54, 1.807) is 19.1 Å². The van der Waals surface area contributed by atoms with E-state index in [4.69, 9.17) is 28.8 Å². The minimum Gasteiger partial charge on any atom is -0.508 e. The lowest BCUT2D eigenvalue weighted by Gasteiger charge is -2.45. The Morgan fingerprint density at radius 3 is 2.16 bits per heavy atom. The second kappa shape index (κ2) is 14.3. The first-order chi connectivity index (χ1) is 20.9. The van der Waals surface area contributed by atoms with Crippen molar-refractivity contribution in [3.05, 3.63) is 47.5 Å². The topological polar surface area (TPSA) is 245 Å². The molecule has 2 saturated heterocycles. The standard InChI is InChI=1S/C27H32O14.C2H6O/c1-10-20(32)22(34)24(36)26(37-10)41-25-23(35)21(33)18(9-28)40-27(25)38-13-6-14(30)19-15(31)8-16(39-17(19)7-13)11-2-4-12(29)5-3-11;1-2-3/h2-7,10,16,18,20-30,32-36H,8-9H2,1H3;3H,2H2,1H3/t10-,16?,18+,20-,21+,22+,23-,24+,25+,26-,27+;/m0./s1. The summed E-state index contributed by atoms with van der Waals surface area (Å²) in [6.45, 7) is 2.65. The summed E-state index contributed by atoms with van der Waals surface area (Å²) < 4.78 is 28.6. The van der Waals surface area contributed by atoms with Crippen molar-refractivity contribution in [2.75, 3.05) is 13.2 Å². The monoisotopic (exact) mass is 626 g/mol. The van der Waals surface area contributed by atoms with E-state index in [0.29, 0.717) is 5.56 Å². The Morgan fingerprint density at radius 2 is 1.52 bits per heavy atom. The van der Waals surface area contributed by atoms with Crippen LogP contribution in [-0.2, 0) is 14.2 Å². The van der Waals surface area contributed by atoms with Crippen molar-refractivity contribution < 1.29 is 74.4 Å². The van der Waals surface area contributed by atoms with Crippen LogP contribution in [0.5, 0.6) is 23.0 Å². The number of benzene rings is 2. The Bertz CT molecular complexity index is 1260. The number of phenolic OH excluding ortho intramolecular Hbond substituents is 2. The molecule has 0 aromatic heterocycles. The SMILES string of the molecule is CCO.C[C@@H]1O[C@@H](O[C@H]2[C@H](Oc3cc(O)c4c(c3)OC(c3ccc(O)cc3)CC4=O)O[C@H](CO)[C@@H](O)[C@@H]2O)[C@H](O)[C@H](O)[C@H]1O. The molecule has 0 saturated carbocycles. The molecule has 3 aliphatic heterocycles. The minimum atomic E-state index is -1.75. The van der Waals surface area contributed by atoms with Crippen LogP contribution in [0.4, 0.5) is 0 Å². The molecule has 3 aliphatic rings. The molecule has 244 valence electrons. The molecule has 2 aromatic carbocycles. The van der Waals surface area contributed by atoms with Crippen LogP contribution in [0.15, 0.2) is 36.4 Å². The Morgan fingerprint density at radius 1 is 0.864 bits per heavy atom. The van der Waals surface area contributed by atoms with Crippen LogP contribution in [0.25, 0.3) is 0 Å². The van der Waals surface area contributed by atoms with Gasteiger partial charge in [0.05, 0.1) is 19.1 Å². The first-order valence-corrected chi connectivity index (χ1v) is 14.0. The summed E-state index contributed by atoms with van der Waals surface area (Å²) in [6, 6.07) is 8.50. The quantitative estimate of drug-likeness (QED) is 0.183. The van der Waals surface area contributed by atoms with Gasteiger partial charge in [-0.25, -0.2) is 0 Å². The van der Waals surface area contributed by atoms with Gasteiger partial charge in [-0.05, 0) is 31.5 Å². The van der Waals surface area contributed by atoms with Crippen LogP contribution in [0.3, 0.4) is 0 Å². The first-order valence-electron chi connectivity index (χ1n) is 14.0. The van der Waals surface area contributed by atoms with Crippen molar-refractivity contribution in [3.63, 3.8) is 0 Å². The summed E-state index contributed by atoms with van der Waals surface area (Å²) in [4.78, 5) is 12.9. The number of ether oxygens (including phenoxy) is 5. The number of aliphatic hydroxyl groups excluding tert-OH is 7. The highest BCUT2D eigenvalue weighted by Gasteiger charge is 2.51. The van der Waals surface area contributed by atoms with E-state index in [1.165, 1.54) is 25.1 Å². The lowest BCUT2D eigenvalue weighted by Crippen LogP contribution is -2.64. The number of Topliss-reactive ketones (excluding diaryl/α,β-unsaturated/α-hetero) is 1. The molecule has 44 heavy (non-hydrogen) atoms. The Kier molecular flexibility index (Phi) is 11.0. The zero-order valence-corrected chi connectivity index (χ0v) is 23.9. The minimum absolute atomic E-state index is 0.0149. The van der Waals surface area contributed by atoms with Gasteiger partial charge in [0.25, 0.3) is 0 Å². The summed E-state index contributed by atoms with van der Waals surface area (Å²) in [6.07, 6.45) is -16.0. The number of ketones is 1. The van der Waals surface area contributed by atoms with Gasteiger partial charge in [0.15, 0.2) is 18.2 Å². The molecule has 0 radical (unpaired) electrons. The third-order valence-corrected chi connectivity index (χ3v) is 7.42. The number of fused-ring (bicyclic) bond motifs is 1. The van der Waals surface area contributed by atoms with Gasteiger partial charge >= 0.3 is 0 Å². The van der Waals surface area contributed by atoms with Crippen molar-refractivity contribution in [1.82, 2.24) is 0 Å². The van der Waals surface area contributed by atoms with Gasteiger partial charge in [-0.2, -0.15) is 0 Å². The van der Waals surface area contributed by atoms with Gasteiger partial charge in [0.1, 0.15) is 71.3 Å². The van der Waals surface area contributed by atoms with E-state index in [9.17, 15) is 45.6 Å². The molecule has 15 nitrogen and oxygen atoms in total. The third-order valence-electron chi connectivity index (χ3n) is 7.42. The Balaban J connectivity index is 0.00000141. The maximum Gasteiger partial charge on any atom is 0.229 e. The molecule has 15 heteroatoms. The molecule has 2 aromatic rings. The van der Waals surface area contributed by atoms with Crippen molar-refractivity contribution in [3.8, 4) is 23.0 Å². The van der Waals surface area contributed by atoms with Gasteiger partial charge in [-0.1, -0.05) is 12.1 Å². The summed E-state index contributed by atoms with van der Waals surface area (Å²) >= 11 is 0. The predicted octanol–water partition coefficient (Wildman–Crippen LogP) is -1.17. The fourth-order valence-electron chi connectivity index (χ4n) is 5.07. The lowest BCUT2D eigenvalue weighted by atomic mass is 9.95. The van der Waals surface area contributed by atoms with E-state index >= 15 is 0 Å². The van der Waals surface area contributed by atoms with E-state index in [2.05, 4.69) is 0 Å². The van der Waals surface area contributed by atoms with Gasteiger partial charge in [-0.15, -0.1) is 0 Å². The van der Waals surface area contributed by atoms with E-state index < -0.39 is 85.7 Å². The largest absolute Gasteiger partial charge is 0.508 e. The second-order valence-corrected chi connectivity index (χ2v) is 10.6. The molecule has 11 atom stereocenters. The number of hydrogen-bond donors (Lipinski definition) is 9. The average Bonchev–Trinajstić information content (AvgIpc) is 2.98. The average molecular weight is 627 g/mol. The molecule has 0 amide bonds. The number of carbonyl (C=O) groups is 1. The zero-order valence-electron chi connectivity index (χ0n) is 23.9. The van der Waals surface area contributed by atoms with Crippen LogP contribution in [-0.4, -0.2) is 126 Å². The summed E-state index contributed by atoms with van der Waals surface area (Å²) in [7, 11) is 0. The molecule has 0 spiro atoms. The Labute approximate surface area is 252 Å². The molecule has 1 unspecified atom stereocenters. The maximum absolute atomic E-state index is 12.9. The van der Waals surface area contributed by atoms with Crippen LogP contribution in [0.1, 0.15) is 42.3 Å². The third kappa shape index (κ3) is 7.07. The highest BCUT2D eigenvalue weighted by molar-refractivity contribution is 6.02. The van der Waals surface area contributed by atoms with Crippen molar-refractivity contribution in [2.45, 2.75) is 87.8 Å². The highest BCUT2D eigenvalue weighted by Crippen LogP contribution is 2.43. The van der Waals surface area contributed by atoms with E-state index in [-0.39, 0.29) is 35.8 Å². The van der Waals surface area contributed by atoms with E-state index in [0.717, 1.165) is 6.07 Å². The van der Waals surface area contributed by atoms with Crippen LogP contribution in [0.2, 0.25) is 0 Å². The normalized spacial score (nSPS) is 35.1. The predicted molar refractivity (Wildman–Crippen MR) is 147 cm³/mol. The fourth-order valence-corrected chi connectivity index (χ4v) is 5.07. The summed E-state index contributed by atoms with van der Waals surface area (Å²) in [5.41, 5.74) is 0.529. The van der Waals surface area contributed by atoms with Gasteiger partial charge < -0.3 is 69.6 Å². The molecule has 3 heterocycles. The number of phenols is 2. The summed E-state index contributed by atoms with van der Waals surface area (Å²) in [5.74, 6) is -0.947. The van der Waals surface area contributed by atoms with Crippen LogP contribution in [0, 0.1) is 0 Å². The molecule has 9 N–H and O–H groups in total. The van der Waals surface area contributed by atoms with Gasteiger partial charge in [0.2, 0.25) is 6.29 Å². The first kappa shape index (κ1) is 33.8. The van der Waals surface area contributed by atoms with Gasteiger partial charge in [0, 0.05) is 18.7 Å². The fraction of sp³-hybridized carbons (Fsp3) is 0.552. The van der Waals surface area contributed by atoms with Crippen LogP contribution >= 0.6 is 0 Å². The van der Waals surface area contributed by atoms with Crippen LogP contribution < -0.4 is 9.47 Å². The number of aliphatic hydroxyl groups is 7. The number of carbonyl (C=O) groups excluding carboxylic acids is 1. The van der Waals surface area contributed by atoms with Crippen molar-refractivity contribution in [1.29, 1.82) is 0 Å². The molecular weight excluding hydrogens is 588 g/mol. The van der Waals surface area contributed by atoms with Crippen molar-refractivity contribution >= 4 is 5.78 Å². The number of rotatable bonds is 6.